The minimum atomic E-state index is -5.59. The van der Waals surface area contributed by atoms with Crippen LogP contribution >= 0.6 is 0 Å². The van der Waals surface area contributed by atoms with E-state index in [-0.39, 0.29) is 59.2 Å². The van der Waals surface area contributed by atoms with Crippen LogP contribution in [0.4, 0.5) is 50.4 Å². The predicted molar refractivity (Wildman–Crippen MR) is 313 cm³/mol. The molecular weight excluding hydrogens is 1170 g/mol. The number of ketones is 1. The molecule has 3 amide bonds. The average molecular weight is 1250 g/mol. The zero-order valence-corrected chi connectivity index (χ0v) is 50.9. The number of alkyl carbamates (subject to hydrolysis) is 1. The number of aliphatic hydroxyl groups is 1. The van der Waals surface area contributed by atoms with Crippen molar-refractivity contribution in [2.45, 2.75) is 198 Å². The number of carbonyl (C=O) groups excluding carboxylic acids is 4. The highest BCUT2D eigenvalue weighted by molar-refractivity contribution is 7.91. The molecule has 87 heavy (non-hydrogen) atoms. The van der Waals surface area contributed by atoms with Gasteiger partial charge in [-0.3, -0.25) is 14.5 Å². The van der Waals surface area contributed by atoms with Gasteiger partial charge in [0, 0.05) is 63.8 Å². The van der Waals surface area contributed by atoms with E-state index in [1.165, 1.54) is 29.3 Å². The van der Waals surface area contributed by atoms with Crippen LogP contribution in [0.2, 0.25) is 0 Å². The summed E-state index contributed by atoms with van der Waals surface area (Å²) in [5, 5.41) is 21.3. The fourth-order valence-corrected chi connectivity index (χ4v) is 16.3. The Hall–Kier alpha value is -5.20. The van der Waals surface area contributed by atoms with Gasteiger partial charge in [-0.05, 0) is 166 Å². The molecule has 4 fully saturated rings. The summed E-state index contributed by atoms with van der Waals surface area (Å²) in [6.45, 7) is 8.83. The number of nitrogens with two attached hydrogens (primary N) is 1. The minimum Gasteiger partial charge on any atom is -0.616 e. The first-order valence-electron chi connectivity index (χ1n) is 31.3. The normalized spacial score (nSPS) is 26.1. The molecule has 1 saturated heterocycles. The minimum absolute atomic E-state index is 0.0449. The molecule has 15 nitrogen and oxygen atoms in total. The molecule has 1 unspecified atom stereocenters. The summed E-state index contributed by atoms with van der Waals surface area (Å²) in [5.41, 5.74) is 6.75. The summed E-state index contributed by atoms with van der Waals surface area (Å²) in [6, 6.07) is 10.4. The van der Waals surface area contributed by atoms with Crippen molar-refractivity contribution in [1.29, 1.82) is 0 Å². The third kappa shape index (κ3) is 15.9. The molecule has 482 valence electrons. The Bertz CT molecular complexity index is 2910. The zero-order chi connectivity index (χ0) is 62.6. The van der Waals surface area contributed by atoms with Crippen LogP contribution in [0.3, 0.4) is 0 Å². The highest BCUT2D eigenvalue weighted by Gasteiger charge is 2.58. The number of primary amides is 1. The number of nitrogens with zero attached hydrogens (tertiary/aromatic N) is 4. The van der Waals surface area contributed by atoms with E-state index in [1.54, 1.807) is 4.90 Å². The van der Waals surface area contributed by atoms with Gasteiger partial charge in [-0.1, -0.05) is 70.1 Å². The van der Waals surface area contributed by atoms with Crippen molar-refractivity contribution in [3.63, 3.8) is 0 Å². The first kappa shape index (κ1) is 66.2. The largest absolute Gasteiger partial charge is 0.616 e. The molecule has 1 aliphatic heterocycles. The number of amides is 3. The van der Waals surface area contributed by atoms with Gasteiger partial charge in [0.25, 0.3) is 5.91 Å². The quantitative estimate of drug-likeness (QED) is 0.0399. The Balaban J connectivity index is 0.687. The number of aromatic nitrogens is 2. The number of Topliss-reactive ketones (excluding diaryl/α,β-unsaturated/α-hetero) is 1. The molecular formula is C63H85F8N7O8S. The van der Waals surface area contributed by atoms with E-state index in [2.05, 4.69) is 33.6 Å². The Labute approximate surface area is 507 Å². The Morgan fingerprint density at radius 1 is 0.839 bits per heavy atom. The van der Waals surface area contributed by atoms with E-state index in [0.717, 1.165) is 81.7 Å². The number of nitrogens with one attached hydrogen (secondary N) is 2. The number of carbonyl (C=O) groups is 4. The Kier molecular flexibility index (Phi) is 20.9. The summed E-state index contributed by atoms with van der Waals surface area (Å²) in [5.74, 6) is -3.81. The number of ether oxygens (including phenoxy) is 2. The molecule has 7 atom stereocenters. The lowest BCUT2D eigenvalue weighted by atomic mass is 9.52. The average Bonchev–Trinajstić information content (AvgIpc) is 1.79. The second-order valence-electron chi connectivity index (χ2n) is 26.4. The van der Waals surface area contributed by atoms with Crippen molar-refractivity contribution >= 4 is 40.7 Å². The highest BCUT2D eigenvalue weighted by atomic mass is 32.2. The molecule has 0 bridgehead atoms. The second kappa shape index (κ2) is 27.5. The van der Waals surface area contributed by atoms with Gasteiger partial charge in [0.05, 0.1) is 28.6 Å². The van der Waals surface area contributed by atoms with Crippen molar-refractivity contribution in [2.24, 2.45) is 34.3 Å². The number of aliphatic hydroxyl groups excluding tert-OH is 1. The first-order chi connectivity index (χ1) is 41.1. The van der Waals surface area contributed by atoms with Crippen molar-refractivity contribution in [3.05, 3.63) is 70.0 Å². The van der Waals surface area contributed by atoms with Gasteiger partial charge < -0.3 is 40.4 Å². The van der Waals surface area contributed by atoms with E-state index in [0.29, 0.717) is 112 Å². The van der Waals surface area contributed by atoms with Crippen molar-refractivity contribution < 1.29 is 73.4 Å². The van der Waals surface area contributed by atoms with Gasteiger partial charge in [0.1, 0.15) is 23.4 Å². The predicted octanol–water partition coefficient (Wildman–Crippen LogP) is 12.7. The summed E-state index contributed by atoms with van der Waals surface area (Å²) < 4.78 is 131. The third-order valence-corrected chi connectivity index (χ3v) is 21.2. The number of benzene rings is 2. The smallest absolute Gasteiger partial charge is 0.453 e. The lowest BCUT2D eigenvalue weighted by Gasteiger charge is -2.53. The van der Waals surface area contributed by atoms with Gasteiger partial charge in [0.2, 0.25) is 0 Å². The summed E-state index contributed by atoms with van der Waals surface area (Å²) in [4.78, 5) is 55.9. The molecule has 2 aromatic carbocycles. The maximum absolute atomic E-state index is 14.2. The fraction of sp³-hybridized carbons (Fsp3) is 0.698. The van der Waals surface area contributed by atoms with E-state index < -0.39 is 82.8 Å². The van der Waals surface area contributed by atoms with Crippen LogP contribution in [0.5, 0.6) is 5.75 Å². The van der Waals surface area contributed by atoms with Crippen LogP contribution < -0.4 is 21.1 Å². The number of hydrogen-bond donors (Lipinski definition) is 4. The van der Waals surface area contributed by atoms with Crippen LogP contribution in [-0.2, 0) is 34.9 Å². The van der Waals surface area contributed by atoms with Gasteiger partial charge >= 0.3 is 30.5 Å². The molecule has 1 aromatic heterocycles. The van der Waals surface area contributed by atoms with Gasteiger partial charge in [-0.25, -0.2) is 14.3 Å². The topological polar surface area (TPSA) is 204 Å². The lowest BCUT2D eigenvalue weighted by Crippen LogP contribution is -2.51. The van der Waals surface area contributed by atoms with Crippen molar-refractivity contribution in [2.75, 3.05) is 56.1 Å². The molecule has 3 saturated carbocycles. The molecule has 24 heteroatoms. The van der Waals surface area contributed by atoms with Crippen LogP contribution in [0.1, 0.15) is 192 Å². The molecule has 0 radical (unpaired) electrons. The number of unbranched alkanes of at least 4 members (excludes halogenated alkanes) is 6. The standard InChI is InChI=1S/C63H85F8N7O8S/c1-59(2)37-50-54(51(79)38-59)55(62(66,67)68)75-78(50)42-15-19-47(56(72)81)49(36-42)74-41-13-16-43(17-14-41)85-57(82)73-26-27-76-28-30-77(31-29-76)58(83)86-44-18-20-45-40(35-44)34-39(53-46(45)23-25-60(3)48(53)21-22-52(60)80)12-9-7-5-4-6-8-10-32-87(84)33-11-24-61(64,65)63(69,70)71/h15,18-20,35-36,39,41,43,46,48,52-53,74,80H,4-14,16-17,21-34,37-38H2,1-3H3,(H2,72,81)(H,73,82)/t39-,41-,43-,46-,48+,52+,53-,60+,87?/m1/s1. The van der Waals surface area contributed by atoms with Gasteiger partial charge in [-0.15, -0.1) is 0 Å². The van der Waals surface area contributed by atoms with Crippen molar-refractivity contribution in [1.82, 2.24) is 24.9 Å². The molecule has 5 aliphatic carbocycles. The second-order valence-corrected chi connectivity index (χ2v) is 28.1. The van der Waals surface area contributed by atoms with E-state index in [1.807, 2.05) is 26.0 Å². The van der Waals surface area contributed by atoms with Crippen molar-refractivity contribution in [3.8, 4) is 11.4 Å². The van der Waals surface area contributed by atoms with Crippen LogP contribution in [0, 0.1) is 28.6 Å². The Morgan fingerprint density at radius 3 is 2.22 bits per heavy atom. The maximum Gasteiger partial charge on any atom is 0.453 e. The number of anilines is 1. The van der Waals surface area contributed by atoms with Gasteiger partial charge in [0.15, 0.2) is 11.5 Å². The first-order valence-corrected chi connectivity index (χ1v) is 32.8. The zero-order valence-electron chi connectivity index (χ0n) is 50.1. The van der Waals surface area contributed by atoms with Crippen LogP contribution in [0.25, 0.3) is 5.69 Å². The number of hydrogen-bond acceptors (Lipinski definition) is 11. The lowest BCUT2D eigenvalue weighted by molar-refractivity contribution is -0.284. The number of piperazine rings is 1. The van der Waals surface area contributed by atoms with Gasteiger partial charge in [-0.2, -0.15) is 40.2 Å². The Morgan fingerprint density at radius 2 is 1.53 bits per heavy atom. The van der Waals surface area contributed by atoms with E-state index in [9.17, 15) is 64.0 Å². The molecule has 0 spiro atoms. The fourth-order valence-electron chi connectivity index (χ4n) is 15.1. The van der Waals surface area contributed by atoms with Crippen LogP contribution in [0.15, 0.2) is 36.4 Å². The summed E-state index contributed by atoms with van der Waals surface area (Å²) in [7, 11) is 0. The number of halogens is 8. The van der Waals surface area contributed by atoms with E-state index >= 15 is 0 Å². The highest BCUT2D eigenvalue weighted by Crippen LogP contribution is 2.63. The number of rotatable bonds is 23. The summed E-state index contributed by atoms with van der Waals surface area (Å²) in [6.07, 6.45) is 0.675. The molecule has 6 aliphatic rings. The van der Waals surface area contributed by atoms with Crippen LogP contribution in [-0.4, -0.2) is 134 Å². The summed E-state index contributed by atoms with van der Waals surface area (Å²) >= 11 is -1.42. The third-order valence-electron chi connectivity index (χ3n) is 19.7. The van der Waals surface area contributed by atoms with E-state index in [4.69, 9.17) is 15.2 Å². The number of fused-ring (bicyclic) bond motifs is 6. The molecule has 3 aromatic rings. The maximum atomic E-state index is 14.2. The molecule has 9 rings (SSSR count). The number of alkyl halides is 8. The SMILES string of the molecule is CC1(C)CC(=O)c2c(C(F)(F)F)nn(-c3ccc(C(N)=O)c(N[C@H]4CC[C@H](OC(=O)NCCN5CCN(C(=O)Oc6ccc7c(c6)C[C@@H](CCCCCCCCC[S+]([O-])CCCC(F)(F)C(F)(F)F)[C@@H]6[C@@H]7CC[C@]7(C)[C@@H](O)CC[C@@H]67)CC5)CC4)c3)c2C1. The molecule has 2 heterocycles. The monoisotopic (exact) mass is 1250 g/mol. The molecule has 5 N–H and O–H groups in total.